The van der Waals surface area contributed by atoms with Crippen molar-refractivity contribution in [2.45, 2.75) is 45.7 Å². The molecule has 3 aromatic rings. The molecule has 0 saturated carbocycles. The number of hydrogen-bond donors (Lipinski definition) is 2. The van der Waals surface area contributed by atoms with Crippen molar-refractivity contribution in [2.24, 2.45) is 0 Å². The molecule has 9 nitrogen and oxygen atoms in total. The maximum absolute atomic E-state index is 12.7. The fraction of sp³-hybridized carbons (Fsp3) is 0.292. The van der Waals surface area contributed by atoms with E-state index >= 15 is 0 Å². The van der Waals surface area contributed by atoms with Crippen molar-refractivity contribution in [3.63, 3.8) is 0 Å². The van der Waals surface area contributed by atoms with Gasteiger partial charge in [-0.3, -0.25) is 19.7 Å². The molecule has 0 aliphatic heterocycles. The maximum Gasteiger partial charge on any atom is 0.269 e. The molecule has 2 aromatic carbocycles. The van der Waals surface area contributed by atoms with Crippen LogP contribution in [0.15, 0.2) is 60.8 Å². The molecule has 33 heavy (non-hydrogen) atoms. The summed E-state index contributed by atoms with van der Waals surface area (Å²) in [5.41, 5.74) is 2.20. The van der Waals surface area contributed by atoms with Crippen LogP contribution in [0.5, 0.6) is 0 Å². The molecule has 0 radical (unpaired) electrons. The summed E-state index contributed by atoms with van der Waals surface area (Å²) in [4.78, 5) is 35.6. The van der Waals surface area contributed by atoms with Crippen molar-refractivity contribution in [2.75, 3.05) is 0 Å². The van der Waals surface area contributed by atoms with Gasteiger partial charge in [0.1, 0.15) is 6.04 Å². The second-order valence-corrected chi connectivity index (χ2v) is 8.79. The number of carbonyl (C=O) groups is 2. The molecule has 1 heterocycles. The Labute approximate surface area is 192 Å². The Morgan fingerprint density at radius 1 is 1.09 bits per heavy atom. The summed E-state index contributed by atoms with van der Waals surface area (Å²) in [6.45, 7) is 7.24. The zero-order chi connectivity index (χ0) is 24.2. The minimum absolute atomic E-state index is 0.00765. The monoisotopic (exact) mass is 449 g/mol. The van der Waals surface area contributed by atoms with Gasteiger partial charge in [0.15, 0.2) is 0 Å². The quantitative estimate of drug-likeness (QED) is 0.423. The lowest BCUT2D eigenvalue weighted by atomic mass is 10.0. The SMILES string of the molecule is CC(NC(=O)Cc1cn(-c2ccccc2)nc1-c1ccc([N+](=O)[O-])cc1)C(=O)NC(C)(C)C. The number of non-ortho nitro benzene ring substituents is 1. The Morgan fingerprint density at radius 3 is 2.30 bits per heavy atom. The van der Waals surface area contributed by atoms with E-state index in [1.54, 1.807) is 29.9 Å². The van der Waals surface area contributed by atoms with Crippen molar-refractivity contribution >= 4 is 17.5 Å². The number of rotatable bonds is 7. The lowest BCUT2D eigenvalue weighted by Crippen LogP contribution is -2.51. The second-order valence-electron chi connectivity index (χ2n) is 8.79. The third kappa shape index (κ3) is 6.25. The highest BCUT2D eigenvalue weighted by molar-refractivity contribution is 5.89. The third-order valence-electron chi connectivity index (χ3n) is 4.78. The minimum atomic E-state index is -0.705. The van der Waals surface area contributed by atoms with E-state index in [1.165, 1.54) is 12.1 Å². The predicted octanol–water partition coefficient (Wildman–Crippen LogP) is 3.41. The van der Waals surface area contributed by atoms with Crippen LogP contribution in [-0.2, 0) is 16.0 Å². The van der Waals surface area contributed by atoms with Crippen LogP contribution in [0.25, 0.3) is 16.9 Å². The molecule has 172 valence electrons. The highest BCUT2D eigenvalue weighted by atomic mass is 16.6. The number of nitro groups is 1. The van der Waals surface area contributed by atoms with E-state index in [9.17, 15) is 19.7 Å². The Balaban J connectivity index is 1.86. The van der Waals surface area contributed by atoms with Gasteiger partial charge in [0.2, 0.25) is 11.8 Å². The zero-order valence-corrected chi connectivity index (χ0v) is 19.0. The molecule has 0 fully saturated rings. The number of nitrogens with zero attached hydrogens (tertiary/aromatic N) is 3. The number of benzene rings is 2. The smallest absolute Gasteiger partial charge is 0.269 e. The molecular weight excluding hydrogens is 422 g/mol. The van der Waals surface area contributed by atoms with Crippen LogP contribution >= 0.6 is 0 Å². The molecule has 1 aromatic heterocycles. The second kappa shape index (κ2) is 9.64. The summed E-state index contributed by atoms with van der Waals surface area (Å²) in [6, 6.07) is 14.7. The van der Waals surface area contributed by atoms with Crippen LogP contribution in [0.4, 0.5) is 5.69 Å². The predicted molar refractivity (Wildman–Crippen MR) is 125 cm³/mol. The Kier molecular flexibility index (Phi) is 6.91. The lowest BCUT2D eigenvalue weighted by molar-refractivity contribution is -0.384. The van der Waals surface area contributed by atoms with Crippen LogP contribution in [0.3, 0.4) is 0 Å². The molecule has 2 amide bonds. The number of hydrogen-bond acceptors (Lipinski definition) is 5. The fourth-order valence-corrected chi connectivity index (χ4v) is 3.24. The number of amides is 2. The van der Waals surface area contributed by atoms with E-state index in [-0.39, 0.29) is 23.9 Å². The van der Waals surface area contributed by atoms with Gasteiger partial charge < -0.3 is 10.6 Å². The van der Waals surface area contributed by atoms with Crippen molar-refractivity contribution in [1.82, 2.24) is 20.4 Å². The highest BCUT2D eigenvalue weighted by Crippen LogP contribution is 2.26. The van der Waals surface area contributed by atoms with Gasteiger partial charge in [-0.1, -0.05) is 18.2 Å². The van der Waals surface area contributed by atoms with E-state index in [0.717, 1.165) is 5.69 Å². The van der Waals surface area contributed by atoms with Gasteiger partial charge in [-0.25, -0.2) is 4.68 Å². The van der Waals surface area contributed by atoms with Crippen LogP contribution in [0, 0.1) is 10.1 Å². The van der Waals surface area contributed by atoms with E-state index in [4.69, 9.17) is 0 Å². The van der Waals surface area contributed by atoms with Gasteiger partial charge in [0.25, 0.3) is 5.69 Å². The maximum atomic E-state index is 12.7. The van der Waals surface area contributed by atoms with Crippen LogP contribution in [0.1, 0.15) is 33.3 Å². The summed E-state index contributed by atoms with van der Waals surface area (Å²) in [7, 11) is 0. The van der Waals surface area contributed by atoms with E-state index in [0.29, 0.717) is 16.8 Å². The average molecular weight is 450 g/mol. The summed E-state index contributed by atoms with van der Waals surface area (Å²) in [6.07, 6.45) is 1.75. The number of para-hydroxylation sites is 1. The molecule has 3 rings (SSSR count). The standard InChI is InChI=1S/C24H27N5O4/c1-16(23(31)26-24(2,3)4)25-21(30)14-18-15-28(19-8-6-5-7-9-19)27-22(18)17-10-12-20(13-11-17)29(32)33/h5-13,15-16H,14H2,1-4H3,(H,25,30)(H,26,31). The Bertz CT molecular complexity index is 1150. The van der Waals surface area contributed by atoms with E-state index in [2.05, 4.69) is 15.7 Å². The van der Waals surface area contributed by atoms with Crippen molar-refractivity contribution in [3.8, 4) is 16.9 Å². The van der Waals surface area contributed by atoms with Crippen molar-refractivity contribution in [1.29, 1.82) is 0 Å². The molecule has 0 aliphatic rings. The molecule has 0 spiro atoms. The molecule has 1 unspecified atom stereocenters. The summed E-state index contributed by atoms with van der Waals surface area (Å²) in [5, 5.41) is 21.2. The van der Waals surface area contributed by atoms with Gasteiger partial charge in [0.05, 0.1) is 22.7 Å². The van der Waals surface area contributed by atoms with Crippen LogP contribution < -0.4 is 10.6 Å². The first-order valence-electron chi connectivity index (χ1n) is 10.5. The van der Waals surface area contributed by atoms with Gasteiger partial charge in [-0.05, 0) is 52.0 Å². The zero-order valence-electron chi connectivity index (χ0n) is 19.0. The molecule has 9 heteroatoms. The summed E-state index contributed by atoms with van der Waals surface area (Å²) in [5.74, 6) is -0.603. The first-order chi connectivity index (χ1) is 15.5. The van der Waals surface area contributed by atoms with E-state index in [1.807, 2.05) is 51.1 Å². The topological polar surface area (TPSA) is 119 Å². The average Bonchev–Trinajstić information content (AvgIpc) is 3.16. The first kappa shape index (κ1) is 23.6. The first-order valence-corrected chi connectivity index (χ1v) is 10.5. The number of nitrogens with one attached hydrogen (secondary N) is 2. The Morgan fingerprint density at radius 2 is 1.73 bits per heavy atom. The minimum Gasteiger partial charge on any atom is -0.350 e. The normalized spacial score (nSPS) is 12.1. The largest absolute Gasteiger partial charge is 0.350 e. The molecular formula is C24H27N5O4. The van der Waals surface area contributed by atoms with E-state index < -0.39 is 16.5 Å². The van der Waals surface area contributed by atoms with Crippen LogP contribution in [0.2, 0.25) is 0 Å². The molecule has 1 atom stereocenters. The summed E-state index contributed by atoms with van der Waals surface area (Å²) < 4.78 is 1.66. The fourth-order valence-electron chi connectivity index (χ4n) is 3.24. The lowest BCUT2D eigenvalue weighted by Gasteiger charge is -2.23. The molecule has 0 aliphatic carbocycles. The Hall–Kier alpha value is -4.01. The number of aromatic nitrogens is 2. The molecule has 0 bridgehead atoms. The molecule has 0 saturated heterocycles. The van der Waals surface area contributed by atoms with Gasteiger partial charge >= 0.3 is 0 Å². The number of carbonyl (C=O) groups excluding carboxylic acids is 2. The van der Waals surface area contributed by atoms with Crippen molar-refractivity contribution in [3.05, 3.63) is 76.5 Å². The highest BCUT2D eigenvalue weighted by Gasteiger charge is 2.22. The molecule has 2 N–H and O–H groups in total. The van der Waals surface area contributed by atoms with Gasteiger partial charge in [-0.2, -0.15) is 5.10 Å². The van der Waals surface area contributed by atoms with Crippen LogP contribution in [-0.4, -0.2) is 38.1 Å². The van der Waals surface area contributed by atoms with Gasteiger partial charge in [0, 0.05) is 35.0 Å². The third-order valence-corrected chi connectivity index (χ3v) is 4.78. The van der Waals surface area contributed by atoms with Crippen molar-refractivity contribution < 1.29 is 14.5 Å². The summed E-state index contributed by atoms with van der Waals surface area (Å²) >= 11 is 0. The number of nitro benzene ring substituents is 1. The van der Waals surface area contributed by atoms with Gasteiger partial charge in [-0.15, -0.1) is 0 Å².